The molecule has 0 spiro atoms. The number of hydrogen-bond donors (Lipinski definition) is 2. The van der Waals surface area contributed by atoms with Gasteiger partial charge in [0.05, 0.1) is 0 Å². The summed E-state index contributed by atoms with van der Waals surface area (Å²) >= 11 is 0. The third-order valence-corrected chi connectivity index (χ3v) is 0.850. The first-order chi connectivity index (χ1) is 3.79. The third kappa shape index (κ3) is 2.75. The van der Waals surface area contributed by atoms with Gasteiger partial charge in [0.1, 0.15) is 11.5 Å². The molecule has 1 rings (SSSR count). The summed E-state index contributed by atoms with van der Waals surface area (Å²) in [6.07, 6.45) is 0. The fourth-order valence-corrected chi connectivity index (χ4v) is 0.453. The number of phenols is 2. The Kier molecular flexibility index (Phi) is 3.70. The van der Waals surface area contributed by atoms with E-state index in [-0.39, 0.29) is 42.5 Å². The van der Waals surface area contributed by atoms with Crippen LogP contribution in [-0.2, 0) is 0 Å². The van der Waals surface area contributed by atoms with Crippen molar-refractivity contribution in [2.24, 2.45) is 0 Å². The maximum Gasteiger partial charge on any atom is 1.00 e. The summed E-state index contributed by atoms with van der Waals surface area (Å²) in [5.74, 6) is 0.339. The molecule has 3 heteroatoms. The maximum absolute atomic E-state index is 8.65. The first-order valence-electron chi connectivity index (χ1n) is 2.27. The molecule has 0 unspecified atom stereocenters. The minimum absolute atomic E-state index is 0. The molecule has 0 aromatic heterocycles. The van der Waals surface area contributed by atoms with E-state index in [4.69, 9.17) is 10.2 Å². The van der Waals surface area contributed by atoms with Gasteiger partial charge in [-0.3, -0.25) is 0 Å². The molecular formula is C6H7NaO2. The predicted octanol–water partition coefficient (Wildman–Crippen LogP) is -1.79. The quantitative estimate of drug-likeness (QED) is 0.325. The van der Waals surface area contributed by atoms with Gasteiger partial charge in [0.2, 0.25) is 0 Å². The molecule has 0 fully saturated rings. The normalized spacial score (nSPS) is 8.00. The molecule has 0 aliphatic carbocycles. The molecular weight excluding hydrogens is 127 g/mol. The molecule has 44 valence electrons. The van der Waals surface area contributed by atoms with Gasteiger partial charge in [-0.1, -0.05) is 0 Å². The number of aromatic hydroxyl groups is 2. The van der Waals surface area contributed by atoms with E-state index in [1.54, 1.807) is 0 Å². The molecule has 0 aliphatic rings. The van der Waals surface area contributed by atoms with Crippen molar-refractivity contribution in [3.8, 4) is 11.5 Å². The van der Waals surface area contributed by atoms with Crippen LogP contribution in [0.1, 0.15) is 1.43 Å². The van der Waals surface area contributed by atoms with Crippen molar-refractivity contribution in [2.45, 2.75) is 0 Å². The van der Waals surface area contributed by atoms with Crippen molar-refractivity contribution in [3.63, 3.8) is 0 Å². The van der Waals surface area contributed by atoms with E-state index in [1.807, 2.05) is 0 Å². The number of hydrogen-bond acceptors (Lipinski definition) is 2. The van der Waals surface area contributed by atoms with Gasteiger partial charge in [0.15, 0.2) is 0 Å². The van der Waals surface area contributed by atoms with Gasteiger partial charge in [-0.05, 0) is 24.3 Å². The summed E-state index contributed by atoms with van der Waals surface area (Å²) in [5, 5.41) is 17.3. The first-order valence-corrected chi connectivity index (χ1v) is 2.27. The zero-order valence-corrected chi connectivity index (χ0v) is 7.20. The van der Waals surface area contributed by atoms with E-state index in [2.05, 4.69) is 0 Å². The van der Waals surface area contributed by atoms with E-state index in [0.29, 0.717) is 0 Å². The molecule has 2 nitrogen and oxygen atoms in total. The largest absolute Gasteiger partial charge is 1.00 e. The van der Waals surface area contributed by atoms with Gasteiger partial charge in [-0.2, -0.15) is 0 Å². The van der Waals surface area contributed by atoms with E-state index >= 15 is 0 Å². The second kappa shape index (κ2) is 3.77. The van der Waals surface area contributed by atoms with Gasteiger partial charge < -0.3 is 11.6 Å². The van der Waals surface area contributed by atoms with Crippen LogP contribution in [0.4, 0.5) is 0 Å². The number of rotatable bonds is 0. The molecule has 0 atom stereocenters. The summed E-state index contributed by atoms with van der Waals surface area (Å²) < 4.78 is 0. The third-order valence-electron chi connectivity index (χ3n) is 0.850. The van der Waals surface area contributed by atoms with Gasteiger partial charge in [-0.25, -0.2) is 0 Å². The van der Waals surface area contributed by atoms with Crippen molar-refractivity contribution in [1.29, 1.82) is 0 Å². The number of benzene rings is 1. The summed E-state index contributed by atoms with van der Waals surface area (Å²) in [7, 11) is 0. The monoisotopic (exact) mass is 134 g/mol. The molecule has 0 saturated carbocycles. The van der Waals surface area contributed by atoms with Crippen molar-refractivity contribution < 1.29 is 41.2 Å². The summed E-state index contributed by atoms with van der Waals surface area (Å²) in [4.78, 5) is 0. The van der Waals surface area contributed by atoms with Crippen molar-refractivity contribution in [3.05, 3.63) is 24.3 Å². The number of phenolic OH excluding ortho intramolecular Hbond substituents is 2. The van der Waals surface area contributed by atoms with Crippen LogP contribution in [0.15, 0.2) is 24.3 Å². The predicted molar refractivity (Wildman–Crippen MR) is 30.9 cm³/mol. The summed E-state index contributed by atoms with van der Waals surface area (Å²) in [6, 6.07) is 5.70. The zero-order chi connectivity index (χ0) is 5.98. The van der Waals surface area contributed by atoms with Crippen LogP contribution < -0.4 is 29.6 Å². The molecule has 0 radical (unpaired) electrons. The Morgan fingerprint density at radius 1 is 0.889 bits per heavy atom. The molecule has 0 heterocycles. The van der Waals surface area contributed by atoms with Crippen molar-refractivity contribution in [1.82, 2.24) is 0 Å². The zero-order valence-electron chi connectivity index (χ0n) is 6.20. The Morgan fingerprint density at radius 3 is 1.33 bits per heavy atom. The van der Waals surface area contributed by atoms with Crippen molar-refractivity contribution in [2.75, 3.05) is 0 Å². The van der Waals surface area contributed by atoms with Crippen LogP contribution >= 0.6 is 0 Å². The molecule has 0 bridgehead atoms. The molecule has 1 aromatic rings. The minimum atomic E-state index is 0. The second-order valence-corrected chi connectivity index (χ2v) is 1.52. The smallest absolute Gasteiger partial charge is 1.00 e. The second-order valence-electron chi connectivity index (χ2n) is 1.52. The fraction of sp³-hybridized carbons (Fsp3) is 0. The Labute approximate surface area is 76.9 Å². The molecule has 2 N–H and O–H groups in total. The average molecular weight is 134 g/mol. The topological polar surface area (TPSA) is 40.5 Å². The Balaban J connectivity index is 0. The van der Waals surface area contributed by atoms with Gasteiger partial charge >= 0.3 is 29.6 Å². The van der Waals surface area contributed by atoms with E-state index in [0.717, 1.165) is 0 Å². The standard InChI is InChI=1S/C6H6O2.Na.H/c7-5-1-2-6(8)4-3-5;;/h1-4,7-8H;;/q;+1;-1. The minimum Gasteiger partial charge on any atom is -1.00 e. The van der Waals surface area contributed by atoms with Gasteiger partial charge in [-0.15, -0.1) is 0 Å². The van der Waals surface area contributed by atoms with Crippen LogP contribution in [0.3, 0.4) is 0 Å². The van der Waals surface area contributed by atoms with Crippen LogP contribution in [0.25, 0.3) is 0 Å². The SMILES string of the molecule is Oc1ccc(O)cc1.[H-].[Na+]. The van der Waals surface area contributed by atoms with E-state index in [1.165, 1.54) is 24.3 Å². The van der Waals surface area contributed by atoms with Crippen molar-refractivity contribution >= 4 is 0 Å². The first kappa shape index (κ1) is 8.82. The van der Waals surface area contributed by atoms with E-state index < -0.39 is 0 Å². The molecule has 1 aromatic carbocycles. The molecule has 9 heavy (non-hydrogen) atoms. The van der Waals surface area contributed by atoms with Crippen LogP contribution in [0.2, 0.25) is 0 Å². The Hall–Kier alpha value is -0.180. The van der Waals surface area contributed by atoms with Crippen LogP contribution in [0, 0.1) is 0 Å². The molecule has 0 saturated heterocycles. The van der Waals surface area contributed by atoms with Gasteiger partial charge in [0.25, 0.3) is 0 Å². The van der Waals surface area contributed by atoms with Gasteiger partial charge in [0, 0.05) is 0 Å². The summed E-state index contributed by atoms with van der Waals surface area (Å²) in [6.45, 7) is 0. The Bertz CT molecular complexity index is 155. The van der Waals surface area contributed by atoms with Crippen LogP contribution in [-0.4, -0.2) is 10.2 Å². The fourth-order valence-electron chi connectivity index (χ4n) is 0.453. The van der Waals surface area contributed by atoms with E-state index in [9.17, 15) is 0 Å². The van der Waals surface area contributed by atoms with Crippen LogP contribution in [0.5, 0.6) is 11.5 Å². The molecule has 0 amide bonds. The maximum atomic E-state index is 8.65. The molecule has 0 aliphatic heterocycles. The average Bonchev–Trinajstić information content (AvgIpc) is 1.77. The summed E-state index contributed by atoms with van der Waals surface area (Å²) in [5.41, 5.74) is 0. The Morgan fingerprint density at radius 2 is 1.11 bits per heavy atom.